The molecule has 2 rings (SSSR count). The minimum atomic E-state index is 0.0278. The van der Waals surface area contributed by atoms with Crippen LogP contribution in [-0.4, -0.2) is 27.9 Å². The molecule has 1 aromatic carbocycles. The molecule has 1 unspecified atom stereocenters. The Balaban J connectivity index is 1.98. The van der Waals surface area contributed by atoms with Crippen LogP contribution in [0.15, 0.2) is 30.6 Å². The van der Waals surface area contributed by atoms with E-state index in [4.69, 9.17) is 10.5 Å². The van der Waals surface area contributed by atoms with Crippen molar-refractivity contribution < 1.29 is 4.74 Å². The Bertz CT molecular complexity index is 509. The molecule has 5 heteroatoms. The van der Waals surface area contributed by atoms with Crippen molar-refractivity contribution in [1.82, 2.24) is 14.8 Å². The third-order valence-electron chi connectivity index (χ3n) is 2.88. The van der Waals surface area contributed by atoms with E-state index < -0.39 is 0 Å². The van der Waals surface area contributed by atoms with Gasteiger partial charge in [0, 0.05) is 19.5 Å². The highest BCUT2D eigenvalue weighted by molar-refractivity contribution is 5.29. The van der Waals surface area contributed by atoms with Crippen LogP contribution in [0.2, 0.25) is 0 Å². The van der Waals surface area contributed by atoms with E-state index in [2.05, 4.69) is 16.1 Å². The molecule has 0 saturated carbocycles. The zero-order chi connectivity index (χ0) is 13.0. The molecule has 2 aromatic rings. The largest absolute Gasteiger partial charge is 0.497 e. The van der Waals surface area contributed by atoms with Crippen molar-refractivity contribution in [1.29, 1.82) is 0 Å². The molecule has 1 atom stereocenters. The van der Waals surface area contributed by atoms with Gasteiger partial charge in [0.05, 0.1) is 7.11 Å². The average Bonchev–Trinajstić information content (AvgIpc) is 2.75. The smallest absolute Gasteiger partial charge is 0.138 e. The average molecular weight is 246 g/mol. The molecule has 0 aliphatic rings. The summed E-state index contributed by atoms with van der Waals surface area (Å²) < 4.78 is 6.95. The number of methoxy groups -OCH3 is 1. The third-order valence-corrected chi connectivity index (χ3v) is 2.88. The van der Waals surface area contributed by atoms with Crippen molar-refractivity contribution >= 4 is 0 Å². The van der Waals surface area contributed by atoms with Crippen molar-refractivity contribution in [3.8, 4) is 5.75 Å². The van der Waals surface area contributed by atoms with Crippen molar-refractivity contribution in [2.24, 2.45) is 12.8 Å². The molecule has 0 radical (unpaired) electrons. The van der Waals surface area contributed by atoms with Crippen LogP contribution >= 0.6 is 0 Å². The Morgan fingerprint density at radius 1 is 1.39 bits per heavy atom. The van der Waals surface area contributed by atoms with Gasteiger partial charge in [0.25, 0.3) is 0 Å². The van der Waals surface area contributed by atoms with Crippen LogP contribution in [0.3, 0.4) is 0 Å². The van der Waals surface area contributed by atoms with Gasteiger partial charge in [-0.15, -0.1) is 0 Å². The van der Waals surface area contributed by atoms with Crippen molar-refractivity contribution in [3.63, 3.8) is 0 Å². The molecule has 18 heavy (non-hydrogen) atoms. The minimum Gasteiger partial charge on any atom is -0.497 e. The number of benzene rings is 1. The number of hydrogen-bond donors (Lipinski definition) is 1. The molecule has 0 fully saturated rings. The summed E-state index contributed by atoms with van der Waals surface area (Å²) in [5.74, 6) is 1.77. The quantitative estimate of drug-likeness (QED) is 0.852. The van der Waals surface area contributed by atoms with Crippen LogP contribution in [0, 0.1) is 0 Å². The summed E-state index contributed by atoms with van der Waals surface area (Å²) in [6.45, 7) is 0. The fraction of sp³-hybridized carbons (Fsp3) is 0.385. The highest BCUT2D eigenvalue weighted by Gasteiger charge is 2.09. The maximum atomic E-state index is 6.14. The van der Waals surface area contributed by atoms with E-state index in [1.54, 1.807) is 18.1 Å². The predicted octanol–water partition coefficient (Wildman–Crippen LogP) is 0.936. The van der Waals surface area contributed by atoms with Gasteiger partial charge in [-0.3, -0.25) is 4.68 Å². The zero-order valence-corrected chi connectivity index (χ0v) is 10.7. The number of aromatic nitrogens is 3. The fourth-order valence-electron chi connectivity index (χ4n) is 1.91. The third kappa shape index (κ3) is 3.07. The first-order valence-electron chi connectivity index (χ1n) is 5.90. The van der Waals surface area contributed by atoms with Gasteiger partial charge in [-0.2, -0.15) is 5.10 Å². The van der Waals surface area contributed by atoms with Crippen LogP contribution < -0.4 is 10.5 Å². The van der Waals surface area contributed by atoms with Crippen molar-refractivity contribution in [2.45, 2.75) is 18.9 Å². The first kappa shape index (κ1) is 12.6. The number of ether oxygens (including phenoxy) is 1. The molecule has 0 aliphatic heterocycles. The van der Waals surface area contributed by atoms with Gasteiger partial charge in [-0.05, 0) is 24.1 Å². The van der Waals surface area contributed by atoms with Gasteiger partial charge in [0.15, 0.2) is 0 Å². The van der Waals surface area contributed by atoms with E-state index in [0.717, 1.165) is 18.0 Å². The molecule has 0 spiro atoms. The van der Waals surface area contributed by atoms with Gasteiger partial charge in [0.1, 0.15) is 17.9 Å². The zero-order valence-electron chi connectivity index (χ0n) is 10.7. The Morgan fingerprint density at radius 3 is 2.89 bits per heavy atom. The Hall–Kier alpha value is -1.88. The topological polar surface area (TPSA) is 66.0 Å². The van der Waals surface area contributed by atoms with Gasteiger partial charge in [0.2, 0.25) is 0 Å². The molecule has 1 heterocycles. The molecular formula is C13H18N4O. The van der Waals surface area contributed by atoms with E-state index in [1.165, 1.54) is 5.56 Å². The van der Waals surface area contributed by atoms with Crippen LogP contribution in [0.5, 0.6) is 5.75 Å². The van der Waals surface area contributed by atoms with Crippen molar-refractivity contribution in [2.75, 3.05) is 7.11 Å². The second-order valence-corrected chi connectivity index (χ2v) is 4.32. The summed E-state index contributed by atoms with van der Waals surface area (Å²) in [4.78, 5) is 4.18. The van der Waals surface area contributed by atoms with Crippen molar-refractivity contribution in [3.05, 3.63) is 42.0 Å². The van der Waals surface area contributed by atoms with Gasteiger partial charge < -0.3 is 10.5 Å². The molecule has 1 aromatic heterocycles. The fourth-order valence-corrected chi connectivity index (χ4v) is 1.91. The van der Waals surface area contributed by atoms with E-state index in [-0.39, 0.29) is 6.04 Å². The molecule has 0 aliphatic carbocycles. The lowest BCUT2D eigenvalue weighted by Crippen LogP contribution is -2.27. The van der Waals surface area contributed by atoms with E-state index in [0.29, 0.717) is 6.42 Å². The maximum absolute atomic E-state index is 6.14. The van der Waals surface area contributed by atoms with Crippen LogP contribution in [0.4, 0.5) is 0 Å². The first-order chi connectivity index (χ1) is 8.69. The summed E-state index contributed by atoms with van der Waals surface area (Å²) >= 11 is 0. The number of hydrogen-bond acceptors (Lipinski definition) is 4. The standard InChI is InChI=1S/C13H18N4O/c1-17-13(15-9-16-17)8-11(14)6-10-4-3-5-12(7-10)18-2/h3-5,7,9,11H,6,8,14H2,1-2H3. The van der Waals surface area contributed by atoms with Crippen LogP contribution in [0.1, 0.15) is 11.4 Å². The molecule has 0 bridgehead atoms. The monoisotopic (exact) mass is 246 g/mol. The number of rotatable bonds is 5. The summed E-state index contributed by atoms with van der Waals surface area (Å²) in [7, 11) is 3.54. The molecule has 0 saturated heterocycles. The lowest BCUT2D eigenvalue weighted by Gasteiger charge is -2.11. The summed E-state index contributed by atoms with van der Waals surface area (Å²) in [5, 5.41) is 4.03. The first-order valence-corrected chi connectivity index (χ1v) is 5.90. The highest BCUT2D eigenvalue weighted by Crippen LogP contribution is 2.14. The Labute approximate surface area is 107 Å². The molecule has 2 N–H and O–H groups in total. The van der Waals surface area contributed by atoms with E-state index in [9.17, 15) is 0 Å². The summed E-state index contributed by atoms with van der Waals surface area (Å²) in [6.07, 6.45) is 3.06. The molecule has 0 amide bonds. The van der Waals surface area contributed by atoms with Gasteiger partial charge in [-0.25, -0.2) is 4.98 Å². The normalized spacial score (nSPS) is 12.4. The van der Waals surface area contributed by atoms with Gasteiger partial charge >= 0.3 is 0 Å². The highest BCUT2D eigenvalue weighted by atomic mass is 16.5. The van der Waals surface area contributed by atoms with Crippen LogP contribution in [-0.2, 0) is 19.9 Å². The Morgan fingerprint density at radius 2 is 2.22 bits per heavy atom. The van der Waals surface area contributed by atoms with Gasteiger partial charge in [-0.1, -0.05) is 12.1 Å². The minimum absolute atomic E-state index is 0.0278. The number of nitrogens with zero attached hydrogens (tertiary/aromatic N) is 3. The molecule has 96 valence electrons. The lowest BCUT2D eigenvalue weighted by atomic mass is 10.0. The second kappa shape index (κ2) is 5.64. The second-order valence-electron chi connectivity index (χ2n) is 4.32. The van der Waals surface area contributed by atoms with E-state index >= 15 is 0 Å². The molecule has 5 nitrogen and oxygen atoms in total. The number of aryl methyl sites for hydroxylation is 1. The SMILES string of the molecule is COc1cccc(CC(N)Cc2ncnn2C)c1. The van der Waals surface area contributed by atoms with Crippen LogP contribution in [0.25, 0.3) is 0 Å². The summed E-state index contributed by atoms with van der Waals surface area (Å²) in [6, 6.07) is 8.00. The predicted molar refractivity (Wildman–Crippen MR) is 69.4 cm³/mol. The summed E-state index contributed by atoms with van der Waals surface area (Å²) in [5.41, 5.74) is 7.31. The van der Waals surface area contributed by atoms with E-state index in [1.807, 2.05) is 25.2 Å². The molecular weight excluding hydrogens is 228 g/mol. The lowest BCUT2D eigenvalue weighted by molar-refractivity contribution is 0.414. The Kier molecular flexibility index (Phi) is 3.94. The maximum Gasteiger partial charge on any atom is 0.138 e. The number of nitrogens with two attached hydrogens (primary N) is 1.